The van der Waals surface area contributed by atoms with Gasteiger partial charge in [-0.3, -0.25) is 9.80 Å². The number of nitrogens with one attached hydrogen (secondary N) is 1. The highest BCUT2D eigenvalue weighted by atomic mass is 32.1. The van der Waals surface area contributed by atoms with E-state index in [1.165, 1.54) is 24.8 Å². The van der Waals surface area contributed by atoms with Crippen molar-refractivity contribution in [3.63, 3.8) is 0 Å². The minimum Gasteiger partial charge on any atom is -0.460 e. The highest BCUT2D eigenvalue weighted by molar-refractivity contribution is 7.18. The number of pyridine rings is 1. The molecule has 10 heteroatoms. The zero-order chi connectivity index (χ0) is 24.2. The topological polar surface area (TPSA) is 88.5 Å². The summed E-state index contributed by atoms with van der Waals surface area (Å²) in [4.78, 5) is 24.1. The minimum atomic E-state index is 0.259. The van der Waals surface area contributed by atoms with Crippen LogP contribution < -0.4 is 10.1 Å². The van der Waals surface area contributed by atoms with Gasteiger partial charge in [-0.25, -0.2) is 15.0 Å². The number of nitrogens with zero attached hydrogens (tertiary/aromatic N) is 6. The molecule has 0 bridgehead atoms. The first-order valence-corrected chi connectivity index (χ1v) is 13.8. The molecule has 0 amide bonds. The number of hydrogen-bond donors (Lipinski definition) is 1. The summed E-state index contributed by atoms with van der Waals surface area (Å²) in [6.07, 6.45) is 11.5. The smallest absolute Gasteiger partial charge is 0.317 e. The maximum atomic E-state index is 5.84. The van der Waals surface area contributed by atoms with Crippen molar-refractivity contribution in [2.45, 2.75) is 50.8 Å². The van der Waals surface area contributed by atoms with Crippen molar-refractivity contribution in [3.05, 3.63) is 42.4 Å². The molecule has 6 rings (SSSR count). The molecule has 2 aliphatic heterocycles. The third-order valence-electron chi connectivity index (χ3n) is 7.30. The fourth-order valence-electron chi connectivity index (χ4n) is 4.92. The van der Waals surface area contributed by atoms with Crippen LogP contribution in [0.25, 0.3) is 10.6 Å². The minimum absolute atomic E-state index is 0.259. The highest BCUT2D eigenvalue weighted by Crippen LogP contribution is 2.30. The van der Waals surface area contributed by atoms with Crippen LogP contribution in [0.1, 0.15) is 37.7 Å². The predicted octanol–water partition coefficient (Wildman–Crippen LogP) is 3.97. The van der Waals surface area contributed by atoms with Gasteiger partial charge in [0.25, 0.3) is 0 Å². The third kappa shape index (κ3) is 5.83. The summed E-state index contributed by atoms with van der Waals surface area (Å²) in [5.74, 6) is 0.792. The number of rotatable bonds is 8. The molecule has 0 radical (unpaired) electrons. The van der Waals surface area contributed by atoms with Gasteiger partial charge in [-0.2, -0.15) is 4.98 Å². The van der Waals surface area contributed by atoms with Crippen molar-refractivity contribution in [3.8, 4) is 16.6 Å². The zero-order valence-corrected chi connectivity index (χ0v) is 21.3. The van der Waals surface area contributed by atoms with Gasteiger partial charge in [-0.1, -0.05) is 17.4 Å². The lowest BCUT2D eigenvalue weighted by atomic mass is 9.96. The van der Waals surface area contributed by atoms with E-state index in [4.69, 9.17) is 9.47 Å². The summed E-state index contributed by atoms with van der Waals surface area (Å²) in [5.41, 5.74) is 2.06. The molecule has 9 nitrogen and oxygen atoms in total. The largest absolute Gasteiger partial charge is 0.460 e. The number of aromatic nitrogens is 4. The van der Waals surface area contributed by atoms with Crippen LogP contribution in [0.5, 0.6) is 6.01 Å². The van der Waals surface area contributed by atoms with Crippen LogP contribution in [0.4, 0.5) is 10.9 Å². The van der Waals surface area contributed by atoms with Gasteiger partial charge < -0.3 is 14.8 Å². The average Bonchev–Trinajstić information content (AvgIpc) is 3.37. The number of anilines is 2. The van der Waals surface area contributed by atoms with E-state index in [2.05, 4.69) is 41.1 Å². The molecule has 1 N–H and O–H groups in total. The molecule has 36 heavy (non-hydrogen) atoms. The third-order valence-corrected chi connectivity index (χ3v) is 8.23. The van der Waals surface area contributed by atoms with Gasteiger partial charge in [0.1, 0.15) is 11.9 Å². The van der Waals surface area contributed by atoms with Gasteiger partial charge in [0.2, 0.25) is 0 Å². The van der Waals surface area contributed by atoms with E-state index in [-0.39, 0.29) is 6.10 Å². The normalized spacial score (nSPS) is 20.2. The second-order valence-electron chi connectivity index (χ2n) is 9.76. The maximum absolute atomic E-state index is 5.84. The molecular weight excluding hydrogens is 474 g/mol. The Kier molecular flexibility index (Phi) is 7.36. The monoisotopic (exact) mass is 507 g/mol. The first-order chi connectivity index (χ1) is 17.8. The van der Waals surface area contributed by atoms with Crippen LogP contribution in [-0.2, 0) is 11.3 Å². The molecule has 2 saturated heterocycles. The van der Waals surface area contributed by atoms with Crippen LogP contribution in [-0.4, -0.2) is 81.3 Å². The standard InChI is InChI=1S/C26H33N7O2S/c1-2-21(3-1)35-25-27-9-6-22(30-25)23-17-29-26(36-23)31-24-5-4-19(16-28-24)18-32-10-12-33(13-11-32)20-7-14-34-15-8-20/h4-6,9,16-17,20-21H,1-3,7-8,10-15,18H2,(H,28,29,31). The Bertz CT molecular complexity index is 1120. The van der Waals surface area contributed by atoms with Gasteiger partial charge in [0, 0.05) is 70.6 Å². The van der Waals surface area contributed by atoms with E-state index in [1.807, 2.05) is 24.5 Å². The number of piperazine rings is 1. The molecule has 3 aromatic heterocycles. The van der Waals surface area contributed by atoms with E-state index < -0.39 is 0 Å². The number of ether oxygens (including phenoxy) is 2. The summed E-state index contributed by atoms with van der Waals surface area (Å²) in [5, 5.41) is 4.11. The van der Waals surface area contributed by atoms with Gasteiger partial charge in [-0.05, 0) is 49.8 Å². The van der Waals surface area contributed by atoms with Crippen LogP contribution in [0.3, 0.4) is 0 Å². The summed E-state index contributed by atoms with van der Waals surface area (Å²) in [6.45, 7) is 7.27. The number of hydrogen-bond acceptors (Lipinski definition) is 10. The lowest BCUT2D eigenvalue weighted by Crippen LogP contribution is -2.51. The molecule has 1 saturated carbocycles. The van der Waals surface area contributed by atoms with E-state index in [0.717, 1.165) is 80.3 Å². The Morgan fingerprint density at radius 1 is 0.972 bits per heavy atom. The summed E-state index contributed by atoms with van der Waals surface area (Å²) in [7, 11) is 0. The first-order valence-electron chi connectivity index (χ1n) is 13.0. The summed E-state index contributed by atoms with van der Waals surface area (Å²) in [6, 6.07) is 7.23. The molecule has 0 atom stereocenters. The Morgan fingerprint density at radius 2 is 1.83 bits per heavy atom. The lowest BCUT2D eigenvalue weighted by molar-refractivity contribution is 0.0126. The maximum Gasteiger partial charge on any atom is 0.317 e. The molecule has 0 unspecified atom stereocenters. The molecule has 0 spiro atoms. The second kappa shape index (κ2) is 11.2. The fourth-order valence-corrected chi connectivity index (χ4v) is 5.71. The number of thiazole rings is 1. The SMILES string of the molecule is c1cc(-c2cnc(Nc3ccc(CN4CCN(C5CCOCC5)CC4)cn3)s2)nc(OC2CCC2)n1. The van der Waals surface area contributed by atoms with Crippen LogP contribution in [0, 0.1) is 0 Å². The van der Waals surface area contributed by atoms with Gasteiger partial charge in [0.05, 0.1) is 10.6 Å². The molecule has 5 heterocycles. The zero-order valence-electron chi connectivity index (χ0n) is 20.5. The van der Waals surface area contributed by atoms with Crippen molar-refractivity contribution < 1.29 is 9.47 Å². The lowest BCUT2D eigenvalue weighted by Gasteiger charge is -2.40. The first kappa shape index (κ1) is 23.7. The van der Waals surface area contributed by atoms with Crippen LogP contribution in [0.15, 0.2) is 36.8 Å². The van der Waals surface area contributed by atoms with Crippen molar-refractivity contribution in [2.75, 3.05) is 44.7 Å². The predicted molar refractivity (Wildman–Crippen MR) is 140 cm³/mol. The molecular formula is C26H33N7O2S. The van der Waals surface area contributed by atoms with Crippen LogP contribution >= 0.6 is 11.3 Å². The Morgan fingerprint density at radius 3 is 2.58 bits per heavy atom. The van der Waals surface area contributed by atoms with Crippen LogP contribution in [0.2, 0.25) is 0 Å². The molecule has 190 valence electrons. The summed E-state index contributed by atoms with van der Waals surface area (Å²) < 4.78 is 11.4. The Balaban J connectivity index is 1.00. The summed E-state index contributed by atoms with van der Waals surface area (Å²) >= 11 is 1.54. The molecule has 1 aliphatic carbocycles. The van der Waals surface area contributed by atoms with Crippen molar-refractivity contribution in [1.29, 1.82) is 0 Å². The molecule has 3 aromatic rings. The van der Waals surface area contributed by atoms with E-state index in [1.54, 1.807) is 17.5 Å². The van der Waals surface area contributed by atoms with E-state index in [9.17, 15) is 0 Å². The van der Waals surface area contributed by atoms with Crippen molar-refractivity contribution in [1.82, 2.24) is 29.7 Å². The molecule has 3 aliphatic rings. The van der Waals surface area contributed by atoms with Gasteiger partial charge >= 0.3 is 6.01 Å². The Hall–Kier alpha value is -2.66. The Labute approximate surface area is 215 Å². The van der Waals surface area contributed by atoms with E-state index in [0.29, 0.717) is 12.1 Å². The van der Waals surface area contributed by atoms with Crippen molar-refractivity contribution >= 4 is 22.3 Å². The van der Waals surface area contributed by atoms with Gasteiger partial charge in [0.15, 0.2) is 5.13 Å². The molecule has 3 fully saturated rings. The quantitative estimate of drug-likeness (QED) is 0.486. The second-order valence-corrected chi connectivity index (χ2v) is 10.8. The van der Waals surface area contributed by atoms with Crippen molar-refractivity contribution in [2.24, 2.45) is 0 Å². The van der Waals surface area contributed by atoms with E-state index >= 15 is 0 Å². The average molecular weight is 508 g/mol. The van der Waals surface area contributed by atoms with Gasteiger partial charge in [-0.15, -0.1) is 0 Å². The fraction of sp³-hybridized carbons (Fsp3) is 0.538. The molecule has 0 aromatic carbocycles. The highest BCUT2D eigenvalue weighted by Gasteiger charge is 2.25.